The highest BCUT2D eigenvalue weighted by Gasteiger charge is 2.18. The van der Waals surface area contributed by atoms with Gasteiger partial charge in [-0.25, -0.2) is 0 Å². The summed E-state index contributed by atoms with van der Waals surface area (Å²) >= 11 is 1.58. The van der Waals surface area contributed by atoms with Crippen molar-refractivity contribution in [2.45, 2.75) is 6.54 Å². The zero-order valence-electron chi connectivity index (χ0n) is 10.6. The van der Waals surface area contributed by atoms with Crippen LogP contribution in [-0.2, 0) is 6.54 Å². The van der Waals surface area contributed by atoms with E-state index in [4.69, 9.17) is 6.42 Å². The van der Waals surface area contributed by atoms with Crippen LogP contribution in [0.1, 0.15) is 5.56 Å². The second-order valence-corrected chi connectivity index (χ2v) is 4.87. The Morgan fingerprint density at radius 2 is 2.05 bits per heavy atom. The van der Waals surface area contributed by atoms with Crippen molar-refractivity contribution >= 4 is 23.1 Å². The number of benzene rings is 1. The molecule has 0 atom stereocenters. The van der Waals surface area contributed by atoms with Crippen LogP contribution in [0.2, 0.25) is 0 Å². The van der Waals surface area contributed by atoms with Gasteiger partial charge in [0, 0.05) is 30.5 Å². The third kappa shape index (κ3) is 4.87. The van der Waals surface area contributed by atoms with E-state index >= 15 is 0 Å². The SMILES string of the molecule is C#CCSCCNCc1ccc([N+](=O)[O-])cc1[N+](=O)[O-]. The Bertz CT molecular complexity index is 542. The summed E-state index contributed by atoms with van der Waals surface area (Å²) in [5.41, 5.74) is -0.115. The smallest absolute Gasteiger partial charge is 0.280 e. The molecule has 1 rings (SSSR count). The van der Waals surface area contributed by atoms with Gasteiger partial charge >= 0.3 is 0 Å². The van der Waals surface area contributed by atoms with Crippen molar-refractivity contribution in [3.63, 3.8) is 0 Å². The average Bonchev–Trinajstić information content (AvgIpc) is 2.42. The summed E-state index contributed by atoms with van der Waals surface area (Å²) in [4.78, 5) is 20.2. The summed E-state index contributed by atoms with van der Waals surface area (Å²) in [6.45, 7) is 0.936. The maximum absolute atomic E-state index is 10.9. The van der Waals surface area contributed by atoms with Gasteiger partial charge in [-0.2, -0.15) is 0 Å². The van der Waals surface area contributed by atoms with Crippen molar-refractivity contribution < 1.29 is 9.85 Å². The Morgan fingerprint density at radius 3 is 2.65 bits per heavy atom. The predicted molar refractivity (Wildman–Crippen MR) is 77.6 cm³/mol. The van der Waals surface area contributed by atoms with Crippen LogP contribution in [0, 0.1) is 32.6 Å². The molecule has 20 heavy (non-hydrogen) atoms. The number of nitro benzene ring substituents is 2. The molecule has 1 N–H and O–H groups in total. The van der Waals surface area contributed by atoms with Gasteiger partial charge in [0.05, 0.1) is 21.7 Å². The van der Waals surface area contributed by atoms with Gasteiger partial charge in [0.25, 0.3) is 11.4 Å². The molecule has 1 aromatic carbocycles. The fourth-order valence-electron chi connectivity index (χ4n) is 1.48. The van der Waals surface area contributed by atoms with Crippen LogP contribution in [0.3, 0.4) is 0 Å². The van der Waals surface area contributed by atoms with Crippen molar-refractivity contribution in [1.29, 1.82) is 0 Å². The zero-order valence-corrected chi connectivity index (χ0v) is 11.4. The number of hydrogen-bond acceptors (Lipinski definition) is 6. The first kappa shape index (κ1) is 15.9. The molecule has 1 aromatic rings. The third-order valence-electron chi connectivity index (χ3n) is 2.40. The molecule has 0 aliphatic carbocycles. The van der Waals surface area contributed by atoms with Crippen LogP contribution < -0.4 is 5.32 Å². The number of nitrogens with zero attached hydrogens (tertiary/aromatic N) is 2. The van der Waals surface area contributed by atoms with Crippen LogP contribution in [0.15, 0.2) is 18.2 Å². The van der Waals surface area contributed by atoms with E-state index in [0.717, 1.165) is 11.8 Å². The minimum Gasteiger partial charge on any atom is -0.312 e. The molecule has 0 spiro atoms. The van der Waals surface area contributed by atoms with E-state index in [-0.39, 0.29) is 17.9 Å². The Morgan fingerprint density at radius 1 is 1.30 bits per heavy atom. The van der Waals surface area contributed by atoms with Gasteiger partial charge in [-0.15, -0.1) is 18.2 Å². The number of terminal acetylenes is 1. The molecule has 0 saturated heterocycles. The van der Waals surface area contributed by atoms with Crippen LogP contribution in [0.4, 0.5) is 11.4 Å². The van der Waals surface area contributed by atoms with Gasteiger partial charge in [-0.1, -0.05) is 5.92 Å². The average molecular weight is 295 g/mol. The minimum absolute atomic E-state index is 0.247. The normalized spacial score (nSPS) is 9.95. The third-order valence-corrected chi connectivity index (χ3v) is 3.26. The first-order valence-corrected chi connectivity index (χ1v) is 6.85. The lowest BCUT2D eigenvalue weighted by Gasteiger charge is -2.05. The molecule has 8 heteroatoms. The topological polar surface area (TPSA) is 98.3 Å². The lowest BCUT2D eigenvalue weighted by atomic mass is 10.1. The van der Waals surface area contributed by atoms with E-state index < -0.39 is 9.85 Å². The van der Waals surface area contributed by atoms with E-state index in [9.17, 15) is 20.2 Å². The van der Waals surface area contributed by atoms with Crippen LogP contribution in [0.25, 0.3) is 0 Å². The number of non-ortho nitro benzene ring substituents is 1. The summed E-state index contributed by atoms with van der Waals surface area (Å²) in [7, 11) is 0. The Kier molecular flexibility index (Phi) is 6.49. The first-order valence-electron chi connectivity index (χ1n) is 5.70. The first-order chi connectivity index (χ1) is 9.56. The fourth-order valence-corrected chi connectivity index (χ4v) is 2.03. The standard InChI is InChI=1S/C12H13N3O4S/c1-2-6-20-7-5-13-9-10-3-4-11(14(16)17)8-12(10)15(18)19/h1,3-4,8,13H,5-7,9H2. The molecule has 106 valence electrons. The molecule has 0 unspecified atom stereocenters. The molecule has 0 aromatic heterocycles. The summed E-state index contributed by atoms with van der Waals surface area (Å²) in [5.74, 6) is 3.92. The van der Waals surface area contributed by atoms with Crippen LogP contribution in [0.5, 0.6) is 0 Å². The van der Waals surface area contributed by atoms with Crippen molar-refractivity contribution in [2.24, 2.45) is 0 Å². The molecule has 0 fully saturated rings. The Hall–Kier alpha value is -2.11. The molecular formula is C12H13N3O4S. The van der Waals surface area contributed by atoms with E-state index in [1.54, 1.807) is 11.8 Å². The molecule has 0 aliphatic heterocycles. The zero-order chi connectivity index (χ0) is 15.0. The maximum Gasteiger partial charge on any atom is 0.280 e. The van der Waals surface area contributed by atoms with Crippen molar-refractivity contribution in [3.05, 3.63) is 44.0 Å². The van der Waals surface area contributed by atoms with E-state index in [0.29, 0.717) is 17.9 Å². The van der Waals surface area contributed by atoms with Gasteiger partial charge < -0.3 is 5.32 Å². The molecular weight excluding hydrogens is 282 g/mol. The molecule has 0 aliphatic rings. The maximum atomic E-state index is 10.9. The highest BCUT2D eigenvalue weighted by molar-refractivity contribution is 7.99. The molecule has 7 nitrogen and oxygen atoms in total. The quantitative estimate of drug-likeness (QED) is 0.341. The van der Waals surface area contributed by atoms with E-state index in [1.807, 2.05) is 0 Å². The van der Waals surface area contributed by atoms with E-state index in [2.05, 4.69) is 11.2 Å². The summed E-state index contributed by atoms with van der Waals surface area (Å²) in [6.07, 6.45) is 5.10. The highest BCUT2D eigenvalue weighted by atomic mass is 32.2. The van der Waals surface area contributed by atoms with Gasteiger partial charge in [0.2, 0.25) is 0 Å². The second kappa shape index (κ2) is 8.14. The molecule has 0 saturated carbocycles. The van der Waals surface area contributed by atoms with Crippen molar-refractivity contribution in [1.82, 2.24) is 5.32 Å². The lowest BCUT2D eigenvalue weighted by Crippen LogP contribution is -2.17. The molecule has 0 heterocycles. The number of nitro groups is 2. The summed E-state index contributed by atoms with van der Waals surface area (Å²) < 4.78 is 0. The van der Waals surface area contributed by atoms with Gasteiger partial charge in [0.1, 0.15) is 0 Å². The fraction of sp³-hybridized carbons (Fsp3) is 0.333. The Labute approximate surface area is 120 Å². The number of thioether (sulfide) groups is 1. The number of nitrogens with one attached hydrogen (secondary N) is 1. The largest absolute Gasteiger partial charge is 0.312 e. The van der Waals surface area contributed by atoms with Gasteiger partial charge in [-0.3, -0.25) is 20.2 Å². The minimum atomic E-state index is -0.652. The van der Waals surface area contributed by atoms with Gasteiger partial charge in [0.15, 0.2) is 0 Å². The lowest BCUT2D eigenvalue weighted by molar-refractivity contribution is -0.394. The second-order valence-electron chi connectivity index (χ2n) is 3.76. The summed E-state index contributed by atoms with van der Waals surface area (Å²) in [6, 6.07) is 3.64. The number of rotatable bonds is 8. The summed E-state index contributed by atoms with van der Waals surface area (Å²) in [5, 5.41) is 24.5. The van der Waals surface area contributed by atoms with E-state index in [1.165, 1.54) is 12.1 Å². The predicted octanol–water partition coefficient (Wildman–Crippen LogP) is 1.96. The highest BCUT2D eigenvalue weighted by Crippen LogP contribution is 2.24. The number of hydrogen-bond donors (Lipinski definition) is 1. The molecule has 0 amide bonds. The van der Waals surface area contributed by atoms with Crippen molar-refractivity contribution in [3.8, 4) is 12.3 Å². The molecule has 0 bridgehead atoms. The van der Waals surface area contributed by atoms with Crippen LogP contribution >= 0.6 is 11.8 Å². The monoisotopic (exact) mass is 295 g/mol. The van der Waals surface area contributed by atoms with Crippen molar-refractivity contribution in [2.75, 3.05) is 18.1 Å². The van der Waals surface area contributed by atoms with Gasteiger partial charge in [-0.05, 0) is 6.07 Å². The Balaban J connectivity index is 2.63. The molecule has 0 radical (unpaired) electrons. The van der Waals surface area contributed by atoms with Crippen LogP contribution in [-0.4, -0.2) is 27.9 Å².